The van der Waals surface area contributed by atoms with Crippen LogP contribution in [0.25, 0.3) is 0 Å². The van der Waals surface area contributed by atoms with Gasteiger partial charge >= 0.3 is 17.9 Å². The zero-order chi connectivity index (χ0) is 43.7. The van der Waals surface area contributed by atoms with Crippen molar-refractivity contribution < 1.29 is 28.6 Å². The van der Waals surface area contributed by atoms with Crippen LogP contribution in [0.5, 0.6) is 0 Å². The lowest BCUT2D eigenvalue weighted by molar-refractivity contribution is -0.167. The Morgan fingerprint density at radius 2 is 0.667 bits per heavy atom. The first-order valence-corrected chi connectivity index (χ1v) is 23.9. The molecule has 0 amide bonds. The number of unbranched alkanes of at least 4 members (excludes halogenated alkanes) is 12. The third kappa shape index (κ3) is 45.2. The van der Waals surface area contributed by atoms with Crippen molar-refractivity contribution in [1.29, 1.82) is 0 Å². The molecule has 60 heavy (non-hydrogen) atoms. The molecule has 338 valence electrons. The normalized spacial score (nSPS) is 13.1. The molecule has 0 fully saturated rings. The van der Waals surface area contributed by atoms with Gasteiger partial charge in [0.05, 0.1) is 0 Å². The van der Waals surface area contributed by atoms with Crippen LogP contribution in [0.3, 0.4) is 0 Å². The van der Waals surface area contributed by atoms with Crippen LogP contribution in [0.2, 0.25) is 0 Å². The predicted molar refractivity (Wildman–Crippen MR) is 256 cm³/mol. The van der Waals surface area contributed by atoms with Crippen molar-refractivity contribution in [2.75, 3.05) is 13.2 Å². The summed E-state index contributed by atoms with van der Waals surface area (Å²) in [6, 6.07) is 0. The van der Waals surface area contributed by atoms with E-state index >= 15 is 0 Å². The van der Waals surface area contributed by atoms with Crippen molar-refractivity contribution in [3.8, 4) is 0 Å². The minimum atomic E-state index is -0.811. The Morgan fingerprint density at radius 3 is 1.07 bits per heavy atom. The third-order valence-electron chi connectivity index (χ3n) is 9.52. The zero-order valence-corrected chi connectivity index (χ0v) is 38.4. The smallest absolute Gasteiger partial charge is 0.306 e. The number of ether oxygens (including phenoxy) is 3. The van der Waals surface area contributed by atoms with E-state index in [4.69, 9.17) is 14.2 Å². The van der Waals surface area contributed by atoms with Crippen LogP contribution >= 0.6 is 0 Å². The summed E-state index contributed by atoms with van der Waals surface area (Å²) in [6.07, 6.45) is 63.8. The molecular weight excluding hydrogens is 745 g/mol. The molecule has 6 heteroatoms. The molecule has 0 heterocycles. The molecule has 0 saturated carbocycles. The highest BCUT2D eigenvalue weighted by Gasteiger charge is 2.19. The maximum atomic E-state index is 12.7. The summed E-state index contributed by atoms with van der Waals surface area (Å²) in [7, 11) is 0. The number of hydrogen-bond donors (Lipinski definition) is 0. The van der Waals surface area contributed by atoms with Gasteiger partial charge in [0.1, 0.15) is 13.2 Å². The molecule has 0 aliphatic heterocycles. The van der Waals surface area contributed by atoms with E-state index in [-0.39, 0.29) is 37.5 Å². The second kappa shape index (κ2) is 47.7. The largest absolute Gasteiger partial charge is 0.462 e. The quantitative estimate of drug-likeness (QED) is 0.0264. The summed E-state index contributed by atoms with van der Waals surface area (Å²) in [5.74, 6) is -1.00. The van der Waals surface area contributed by atoms with Crippen LogP contribution in [0.4, 0.5) is 0 Å². The highest BCUT2D eigenvalue weighted by Crippen LogP contribution is 2.12. The second-order valence-corrected chi connectivity index (χ2v) is 15.3. The van der Waals surface area contributed by atoms with Crippen molar-refractivity contribution in [2.45, 2.75) is 200 Å². The van der Waals surface area contributed by atoms with E-state index in [1.165, 1.54) is 32.1 Å². The molecule has 1 unspecified atom stereocenters. The molecular formula is C54H86O6. The van der Waals surface area contributed by atoms with Crippen LogP contribution in [0.1, 0.15) is 194 Å². The van der Waals surface area contributed by atoms with Crippen molar-refractivity contribution in [1.82, 2.24) is 0 Å². The van der Waals surface area contributed by atoms with Crippen molar-refractivity contribution in [3.63, 3.8) is 0 Å². The molecule has 0 aromatic carbocycles. The molecule has 0 saturated heterocycles. The van der Waals surface area contributed by atoms with E-state index in [2.05, 4.69) is 130 Å². The van der Waals surface area contributed by atoms with E-state index in [0.717, 1.165) is 116 Å². The van der Waals surface area contributed by atoms with Crippen LogP contribution in [-0.4, -0.2) is 37.2 Å². The summed E-state index contributed by atoms with van der Waals surface area (Å²) in [5, 5.41) is 0. The van der Waals surface area contributed by atoms with Gasteiger partial charge in [-0.15, -0.1) is 0 Å². The van der Waals surface area contributed by atoms with E-state index in [1.807, 2.05) is 0 Å². The third-order valence-corrected chi connectivity index (χ3v) is 9.52. The van der Waals surface area contributed by atoms with E-state index in [9.17, 15) is 14.4 Å². The second-order valence-electron chi connectivity index (χ2n) is 15.3. The number of carbonyl (C=O) groups is 3. The fraction of sp³-hybridized carbons (Fsp3) is 0.611. The molecule has 0 rings (SSSR count). The van der Waals surface area contributed by atoms with Crippen LogP contribution in [-0.2, 0) is 28.6 Å². The average Bonchev–Trinajstić information content (AvgIpc) is 3.24. The minimum absolute atomic E-state index is 0.108. The molecule has 0 bridgehead atoms. The topological polar surface area (TPSA) is 78.9 Å². The van der Waals surface area contributed by atoms with Crippen LogP contribution in [0, 0.1) is 0 Å². The van der Waals surface area contributed by atoms with Gasteiger partial charge in [-0.3, -0.25) is 14.4 Å². The molecule has 6 nitrogen and oxygen atoms in total. The Labute approximate surface area is 368 Å². The van der Waals surface area contributed by atoms with Crippen molar-refractivity contribution in [2.24, 2.45) is 0 Å². The van der Waals surface area contributed by atoms with Gasteiger partial charge in [0.15, 0.2) is 6.10 Å². The van der Waals surface area contributed by atoms with Gasteiger partial charge in [0.2, 0.25) is 0 Å². The first-order chi connectivity index (χ1) is 29.5. The van der Waals surface area contributed by atoms with Gasteiger partial charge in [0, 0.05) is 19.3 Å². The van der Waals surface area contributed by atoms with Gasteiger partial charge in [-0.2, -0.15) is 0 Å². The van der Waals surface area contributed by atoms with E-state index in [1.54, 1.807) is 0 Å². The number of carbonyl (C=O) groups excluding carboxylic acids is 3. The summed E-state index contributed by atoms with van der Waals surface area (Å²) in [6.45, 7) is 6.26. The Bertz CT molecular complexity index is 1280. The minimum Gasteiger partial charge on any atom is -0.462 e. The Hall–Kier alpha value is -3.93. The van der Waals surface area contributed by atoms with E-state index in [0.29, 0.717) is 19.3 Å². The lowest BCUT2D eigenvalue weighted by Crippen LogP contribution is -2.30. The molecule has 0 aliphatic rings. The molecule has 0 aliphatic carbocycles. The predicted octanol–water partition coefficient (Wildman–Crippen LogP) is 15.6. The lowest BCUT2D eigenvalue weighted by atomic mass is 10.1. The van der Waals surface area contributed by atoms with Gasteiger partial charge in [-0.1, -0.05) is 188 Å². The Morgan fingerprint density at radius 1 is 0.350 bits per heavy atom. The highest BCUT2D eigenvalue weighted by molar-refractivity contribution is 5.71. The van der Waals surface area contributed by atoms with Crippen LogP contribution in [0.15, 0.2) is 109 Å². The maximum Gasteiger partial charge on any atom is 0.306 e. The summed E-state index contributed by atoms with van der Waals surface area (Å²) in [4.78, 5) is 37.6. The molecule has 0 N–H and O–H groups in total. The number of allylic oxidation sites excluding steroid dienone is 18. The molecule has 0 aromatic heterocycles. The first kappa shape index (κ1) is 56.1. The number of esters is 3. The number of hydrogen-bond acceptors (Lipinski definition) is 6. The maximum absolute atomic E-state index is 12.7. The highest BCUT2D eigenvalue weighted by atomic mass is 16.6. The van der Waals surface area contributed by atoms with E-state index < -0.39 is 6.10 Å². The fourth-order valence-electron chi connectivity index (χ4n) is 6.00. The van der Waals surface area contributed by atoms with Crippen LogP contribution < -0.4 is 0 Å². The average molecular weight is 831 g/mol. The SMILES string of the molecule is CC/C=C\C/C=C\C/C=C\C/C=C\C/C=C\CCCC(=O)OC(COC(=O)CCCCCCCC)COC(=O)CCCCCCCC/C=C\C/C=C\C/C=C\C/C=C\CC. The monoisotopic (exact) mass is 831 g/mol. The van der Waals surface area contributed by atoms with Gasteiger partial charge < -0.3 is 14.2 Å². The summed E-state index contributed by atoms with van der Waals surface area (Å²) < 4.78 is 16.6. The van der Waals surface area contributed by atoms with Gasteiger partial charge in [0.25, 0.3) is 0 Å². The molecule has 0 radical (unpaired) electrons. The lowest BCUT2D eigenvalue weighted by Gasteiger charge is -2.18. The fourth-order valence-corrected chi connectivity index (χ4v) is 6.00. The van der Waals surface area contributed by atoms with Crippen molar-refractivity contribution >= 4 is 17.9 Å². The Balaban J connectivity index is 4.39. The summed E-state index contributed by atoms with van der Waals surface area (Å²) >= 11 is 0. The standard InChI is InChI=1S/C54H86O6/c1-4-7-10-13-16-18-20-22-24-26-27-29-30-32-34-36-38-41-44-47-53(56)59-50-51(49-58-52(55)46-43-40-15-12-9-6-3)60-54(57)48-45-42-39-37-35-33-31-28-25-23-21-19-17-14-11-8-5-2/h7-8,10-11,16-19,22-25,27,29,31,33,37,39,51H,4-6,9,12-15,20-21,26,28,30,32,34-36,38,40-50H2,1-3H3/b10-7-,11-8-,18-16-,19-17-,24-22-,25-23-,29-27-,33-31-,39-37-. The van der Waals surface area contributed by atoms with Crippen molar-refractivity contribution in [3.05, 3.63) is 109 Å². The Kier molecular flexibility index (Phi) is 44.6. The van der Waals surface area contributed by atoms with Gasteiger partial charge in [-0.05, 0) is 96.3 Å². The number of rotatable bonds is 41. The molecule has 1 atom stereocenters. The molecule has 0 spiro atoms. The molecule has 0 aromatic rings. The zero-order valence-electron chi connectivity index (χ0n) is 38.4. The van der Waals surface area contributed by atoms with Gasteiger partial charge in [-0.25, -0.2) is 0 Å². The first-order valence-electron chi connectivity index (χ1n) is 23.9. The summed E-state index contributed by atoms with van der Waals surface area (Å²) in [5.41, 5.74) is 0.